The molecule has 2 aromatic carbocycles. The summed E-state index contributed by atoms with van der Waals surface area (Å²) in [6.45, 7) is 1.74. The Hall–Kier alpha value is -3.02. The molecule has 0 aliphatic rings. The van der Waals surface area contributed by atoms with E-state index >= 15 is 0 Å². The van der Waals surface area contributed by atoms with Gasteiger partial charge in [-0.3, -0.25) is 0 Å². The third-order valence-corrected chi connectivity index (χ3v) is 3.41. The van der Waals surface area contributed by atoms with Crippen LogP contribution in [0.2, 0.25) is 0 Å². The fraction of sp³-hybridized carbons (Fsp3) is 0.118. The highest BCUT2D eigenvalue weighted by Crippen LogP contribution is 2.19. The van der Waals surface area contributed by atoms with Crippen molar-refractivity contribution in [3.63, 3.8) is 0 Å². The molecular weight excluding hydrogens is 297 g/mol. The van der Waals surface area contributed by atoms with Crippen molar-refractivity contribution in [2.75, 3.05) is 0 Å². The number of halogens is 1. The Morgan fingerprint density at radius 2 is 1.83 bits per heavy atom. The Morgan fingerprint density at radius 3 is 2.43 bits per heavy atom. The molecular formula is C17H14FN3O2. The van der Waals surface area contributed by atoms with Gasteiger partial charge in [-0.1, -0.05) is 12.1 Å². The van der Waals surface area contributed by atoms with Crippen molar-refractivity contribution in [3.8, 4) is 5.69 Å². The number of ether oxygens (including phenoxy) is 1. The average Bonchev–Trinajstić information content (AvgIpc) is 3.10. The highest BCUT2D eigenvalue weighted by Gasteiger charge is 2.14. The van der Waals surface area contributed by atoms with E-state index in [1.807, 2.05) is 0 Å². The number of rotatable bonds is 4. The van der Waals surface area contributed by atoms with Crippen LogP contribution >= 0.6 is 0 Å². The molecule has 6 heteroatoms. The summed E-state index contributed by atoms with van der Waals surface area (Å²) >= 11 is 0. The largest absolute Gasteiger partial charge is 0.454 e. The second kappa shape index (κ2) is 6.39. The molecule has 0 spiro atoms. The average molecular weight is 311 g/mol. The van der Waals surface area contributed by atoms with Crippen LogP contribution in [-0.2, 0) is 4.74 Å². The lowest BCUT2D eigenvalue weighted by Gasteiger charge is -2.13. The van der Waals surface area contributed by atoms with E-state index in [4.69, 9.17) is 4.74 Å². The number of nitrogens with zero attached hydrogens (tertiary/aromatic N) is 3. The lowest BCUT2D eigenvalue weighted by Crippen LogP contribution is -2.09. The van der Waals surface area contributed by atoms with Crippen molar-refractivity contribution < 1.29 is 13.9 Å². The smallest absolute Gasteiger partial charge is 0.338 e. The molecule has 1 atom stereocenters. The van der Waals surface area contributed by atoms with Crippen LogP contribution in [0.3, 0.4) is 0 Å². The maximum Gasteiger partial charge on any atom is 0.338 e. The molecule has 0 saturated heterocycles. The number of aromatic nitrogens is 3. The molecule has 3 rings (SSSR count). The molecule has 0 bridgehead atoms. The first-order chi connectivity index (χ1) is 11.1. The minimum absolute atomic E-state index is 0.323. The number of carbonyl (C=O) groups is 1. The quantitative estimate of drug-likeness (QED) is 0.694. The van der Waals surface area contributed by atoms with Crippen molar-refractivity contribution in [3.05, 3.63) is 78.1 Å². The molecule has 0 saturated carbocycles. The summed E-state index contributed by atoms with van der Waals surface area (Å²) in [6.07, 6.45) is 2.55. The summed E-state index contributed by atoms with van der Waals surface area (Å²) in [5.41, 5.74) is 1.97. The van der Waals surface area contributed by atoms with Gasteiger partial charge in [0.15, 0.2) is 0 Å². The van der Waals surface area contributed by atoms with Crippen LogP contribution in [0.15, 0.2) is 61.2 Å². The summed E-state index contributed by atoms with van der Waals surface area (Å²) in [5, 5.41) is 4.01. The lowest BCUT2D eigenvalue weighted by atomic mass is 10.1. The topological polar surface area (TPSA) is 57.0 Å². The molecule has 0 aliphatic carbocycles. The van der Waals surface area contributed by atoms with Crippen LogP contribution in [-0.4, -0.2) is 20.7 Å². The Morgan fingerprint density at radius 1 is 1.13 bits per heavy atom. The molecule has 1 heterocycles. The molecule has 1 aromatic heterocycles. The van der Waals surface area contributed by atoms with Gasteiger partial charge in [-0.05, 0) is 48.9 Å². The third kappa shape index (κ3) is 3.42. The van der Waals surface area contributed by atoms with Gasteiger partial charge in [0.2, 0.25) is 0 Å². The maximum atomic E-state index is 12.9. The Kier molecular flexibility index (Phi) is 4.14. The van der Waals surface area contributed by atoms with Gasteiger partial charge < -0.3 is 4.74 Å². The van der Waals surface area contributed by atoms with E-state index in [9.17, 15) is 9.18 Å². The second-order valence-corrected chi connectivity index (χ2v) is 4.99. The standard InChI is InChI=1S/C17H14FN3O2/c1-12(13-2-6-15(18)7-3-13)23-17(22)14-4-8-16(9-5-14)21-11-19-10-20-21/h2-12H,1H3/t12-/m0/s1. The Labute approximate surface area is 132 Å². The number of esters is 1. The van der Waals surface area contributed by atoms with Gasteiger partial charge in [0.25, 0.3) is 0 Å². The van der Waals surface area contributed by atoms with E-state index in [1.165, 1.54) is 18.5 Å². The first kappa shape index (κ1) is 14.9. The van der Waals surface area contributed by atoms with Gasteiger partial charge in [-0.2, -0.15) is 5.10 Å². The highest BCUT2D eigenvalue weighted by atomic mass is 19.1. The van der Waals surface area contributed by atoms with Crippen LogP contribution in [0, 0.1) is 5.82 Å². The van der Waals surface area contributed by atoms with Crippen LogP contribution in [0.4, 0.5) is 4.39 Å². The minimum atomic E-state index is -0.460. The minimum Gasteiger partial charge on any atom is -0.454 e. The molecule has 0 N–H and O–H groups in total. The van der Waals surface area contributed by atoms with Crippen molar-refractivity contribution in [1.29, 1.82) is 0 Å². The van der Waals surface area contributed by atoms with E-state index in [-0.39, 0.29) is 5.82 Å². The summed E-state index contributed by atoms with van der Waals surface area (Å²) < 4.78 is 19.9. The SMILES string of the molecule is C[C@H](OC(=O)c1ccc(-n2cncn2)cc1)c1ccc(F)cc1. The fourth-order valence-electron chi connectivity index (χ4n) is 2.12. The summed E-state index contributed by atoms with van der Waals surface area (Å²) in [6, 6.07) is 12.7. The highest BCUT2D eigenvalue weighted by molar-refractivity contribution is 5.89. The zero-order valence-corrected chi connectivity index (χ0v) is 12.4. The first-order valence-electron chi connectivity index (χ1n) is 7.05. The van der Waals surface area contributed by atoms with Crippen LogP contribution in [0.25, 0.3) is 5.69 Å². The number of hydrogen-bond donors (Lipinski definition) is 0. The normalized spacial score (nSPS) is 11.9. The van der Waals surface area contributed by atoms with E-state index in [0.29, 0.717) is 5.56 Å². The van der Waals surface area contributed by atoms with E-state index in [1.54, 1.807) is 54.3 Å². The zero-order valence-electron chi connectivity index (χ0n) is 12.4. The number of benzene rings is 2. The Bertz CT molecular complexity index is 784. The van der Waals surface area contributed by atoms with Gasteiger partial charge in [-0.25, -0.2) is 18.9 Å². The first-order valence-corrected chi connectivity index (χ1v) is 7.05. The third-order valence-electron chi connectivity index (χ3n) is 3.41. The molecule has 23 heavy (non-hydrogen) atoms. The van der Waals surface area contributed by atoms with Crippen molar-refractivity contribution in [1.82, 2.24) is 14.8 Å². The Balaban J connectivity index is 1.69. The molecule has 3 aromatic rings. The molecule has 116 valence electrons. The number of carbonyl (C=O) groups excluding carboxylic acids is 1. The van der Waals surface area contributed by atoms with E-state index in [0.717, 1.165) is 11.3 Å². The molecule has 0 amide bonds. The predicted molar refractivity (Wildman–Crippen MR) is 81.6 cm³/mol. The lowest BCUT2D eigenvalue weighted by molar-refractivity contribution is 0.0338. The van der Waals surface area contributed by atoms with Crippen molar-refractivity contribution >= 4 is 5.97 Å². The fourth-order valence-corrected chi connectivity index (χ4v) is 2.12. The molecule has 5 nitrogen and oxygen atoms in total. The van der Waals surface area contributed by atoms with Gasteiger partial charge >= 0.3 is 5.97 Å². The molecule has 0 fully saturated rings. The molecule has 0 aliphatic heterocycles. The second-order valence-electron chi connectivity index (χ2n) is 4.99. The maximum absolute atomic E-state index is 12.9. The van der Waals surface area contributed by atoms with E-state index in [2.05, 4.69) is 10.1 Å². The van der Waals surface area contributed by atoms with Crippen molar-refractivity contribution in [2.24, 2.45) is 0 Å². The monoisotopic (exact) mass is 311 g/mol. The summed E-state index contributed by atoms with van der Waals surface area (Å²) in [5.74, 6) is -0.761. The summed E-state index contributed by atoms with van der Waals surface area (Å²) in [7, 11) is 0. The van der Waals surface area contributed by atoms with Gasteiger partial charge in [0, 0.05) is 0 Å². The zero-order chi connectivity index (χ0) is 16.2. The van der Waals surface area contributed by atoms with Crippen LogP contribution < -0.4 is 0 Å². The number of hydrogen-bond acceptors (Lipinski definition) is 4. The van der Waals surface area contributed by atoms with Gasteiger partial charge in [0.1, 0.15) is 24.6 Å². The molecule has 0 radical (unpaired) electrons. The van der Waals surface area contributed by atoms with Crippen LogP contribution in [0.5, 0.6) is 0 Å². The van der Waals surface area contributed by atoms with Gasteiger partial charge in [0.05, 0.1) is 11.3 Å². The van der Waals surface area contributed by atoms with Crippen LogP contribution in [0.1, 0.15) is 28.9 Å². The summed E-state index contributed by atoms with van der Waals surface area (Å²) in [4.78, 5) is 16.0. The van der Waals surface area contributed by atoms with Crippen molar-refractivity contribution in [2.45, 2.75) is 13.0 Å². The predicted octanol–water partition coefficient (Wildman–Crippen LogP) is 3.32. The molecule has 0 unspecified atom stereocenters. The van der Waals surface area contributed by atoms with E-state index < -0.39 is 12.1 Å². The van der Waals surface area contributed by atoms with Gasteiger partial charge in [-0.15, -0.1) is 0 Å².